The van der Waals surface area contributed by atoms with Crippen LogP contribution in [-0.4, -0.2) is 26.3 Å². The largest absolute Gasteiger partial charge is 0.504 e. The summed E-state index contributed by atoms with van der Waals surface area (Å²) in [5.74, 6) is 0.353. The van der Waals surface area contributed by atoms with E-state index in [1.807, 2.05) is 6.07 Å². The van der Waals surface area contributed by atoms with E-state index in [1.54, 1.807) is 24.4 Å². The monoisotopic (exact) mass is 384 g/mol. The highest BCUT2D eigenvalue weighted by molar-refractivity contribution is 7.13. The smallest absolute Gasteiger partial charge is 0.331 e. The molecule has 2 aromatic heterocycles. The molecule has 0 spiro atoms. The molecule has 2 heterocycles. The van der Waals surface area contributed by atoms with Crippen molar-refractivity contribution in [2.24, 2.45) is 0 Å². The fourth-order valence-corrected chi connectivity index (χ4v) is 3.39. The second-order valence-electron chi connectivity index (χ2n) is 5.65. The molecular weight excluding hydrogens is 368 g/mol. The first-order valence-electron chi connectivity index (χ1n) is 8.04. The van der Waals surface area contributed by atoms with Gasteiger partial charge in [0.2, 0.25) is 0 Å². The van der Waals surface area contributed by atoms with Crippen LogP contribution in [0.1, 0.15) is 18.2 Å². The number of ether oxygens (including phenoxy) is 1. The van der Waals surface area contributed by atoms with Crippen LogP contribution in [-0.2, 0) is 13.1 Å². The van der Waals surface area contributed by atoms with Crippen LogP contribution in [0.4, 0.5) is 0 Å². The number of aromatic nitrogens is 3. The van der Waals surface area contributed by atoms with Crippen molar-refractivity contribution < 1.29 is 9.84 Å². The van der Waals surface area contributed by atoms with E-state index in [1.165, 1.54) is 35.3 Å². The molecule has 3 aromatic rings. The van der Waals surface area contributed by atoms with Gasteiger partial charge in [-0.25, -0.2) is 9.78 Å². The van der Waals surface area contributed by atoms with Crippen LogP contribution in [0.25, 0.3) is 10.6 Å². The lowest BCUT2D eigenvalue weighted by molar-refractivity contribution is 0.373. The van der Waals surface area contributed by atoms with E-state index >= 15 is 0 Å². The van der Waals surface area contributed by atoms with Crippen LogP contribution < -0.4 is 16.0 Å². The summed E-state index contributed by atoms with van der Waals surface area (Å²) < 4.78 is 7.43. The van der Waals surface area contributed by atoms with Crippen molar-refractivity contribution in [1.82, 2.24) is 14.1 Å². The average molecular weight is 384 g/mol. The summed E-state index contributed by atoms with van der Waals surface area (Å²) in [7, 11) is 1.46. The molecular formula is C18H16N4O4S. The fraction of sp³-hybridized carbons (Fsp3) is 0.222. The lowest BCUT2D eigenvalue weighted by atomic mass is 10.2. The summed E-state index contributed by atoms with van der Waals surface area (Å²) in [4.78, 5) is 29.3. The van der Waals surface area contributed by atoms with Gasteiger partial charge in [0.05, 0.1) is 19.3 Å². The van der Waals surface area contributed by atoms with Crippen molar-refractivity contribution in [2.45, 2.75) is 20.0 Å². The van der Waals surface area contributed by atoms with Crippen molar-refractivity contribution in [3.05, 3.63) is 61.9 Å². The number of hydrogen-bond acceptors (Lipinski definition) is 7. The zero-order chi connectivity index (χ0) is 19.6. The predicted molar refractivity (Wildman–Crippen MR) is 100 cm³/mol. The number of aryl methyl sites for hydroxylation is 1. The first-order chi connectivity index (χ1) is 13.0. The van der Waals surface area contributed by atoms with Crippen molar-refractivity contribution in [3.63, 3.8) is 0 Å². The van der Waals surface area contributed by atoms with Crippen molar-refractivity contribution in [1.29, 1.82) is 5.26 Å². The van der Waals surface area contributed by atoms with Gasteiger partial charge in [0.1, 0.15) is 16.6 Å². The van der Waals surface area contributed by atoms with Gasteiger partial charge in [0.15, 0.2) is 11.5 Å². The molecule has 0 saturated carbocycles. The van der Waals surface area contributed by atoms with Crippen molar-refractivity contribution in [2.75, 3.05) is 7.11 Å². The number of hydrogen-bond donors (Lipinski definition) is 1. The van der Waals surface area contributed by atoms with E-state index in [0.29, 0.717) is 23.0 Å². The first-order valence-corrected chi connectivity index (χ1v) is 8.92. The Balaban J connectivity index is 1.99. The van der Waals surface area contributed by atoms with Gasteiger partial charge in [-0.2, -0.15) is 5.26 Å². The quantitative estimate of drug-likeness (QED) is 0.718. The minimum absolute atomic E-state index is 0.0259. The zero-order valence-electron chi connectivity index (χ0n) is 14.7. The molecule has 0 saturated heterocycles. The van der Waals surface area contributed by atoms with Crippen LogP contribution in [0, 0.1) is 11.3 Å². The summed E-state index contributed by atoms with van der Waals surface area (Å²) in [5, 5.41) is 21.2. The molecule has 1 N–H and O–H groups in total. The Morgan fingerprint density at radius 3 is 2.81 bits per heavy atom. The Hall–Kier alpha value is -3.38. The van der Waals surface area contributed by atoms with Gasteiger partial charge >= 0.3 is 5.69 Å². The number of nitrogens with zero attached hydrogens (tertiary/aromatic N) is 4. The molecule has 8 nitrogen and oxygen atoms in total. The molecule has 27 heavy (non-hydrogen) atoms. The number of phenols is 1. The Bertz CT molecular complexity index is 1150. The molecule has 0 aliphatic carbocycles. The van der Waals surface area contributed by atoms with Crippen LogP contribution in [0.2, 0.25) is 0 Å². The topological polar surface area (TPSA) is 110 Å². The first kappa shape index (κ1) is 18.4. The summed E-state index contributed by atoms with van der Waals surface area (Å²) >= 11 is 1.34. The molecule has 0 atom stereocenters. The highest BCUT2D eigenvalue weighted by Gasteiger charge is 2.14. The molecule has 0 aliphatic heterocycles. The number of benzene rings is 1. The number of methoxy groups -OCH3 is 1. The van der Waals surface area contributed by atoms with Gasteiger partial charge < -0.3 is 9.84 Å². The average Bonchev–Trinajstić information content (AvgIpc) is 3.14. The zero-order valence-corrected chi connectivity index (χ0v) is 15.5. The van der Waals surface area contributed by atoms with Gasteiger partial charge in [0, 0.05) is 23.7 Å². The second-order valence-corrected chi connectivity index (χ2v) is 6.50. The minimum Gasteiger partial charge on any atom is -0.504 e. The normalized spacial score (nSPS) is 10.6. The Morgan fingerprint density at radius 1 is 1.37 bits per heavy atom. The van der Waals surface area contributed by atoms with Crippen LogP contribution in [0.15, 0.2) is 39.4 Å². The third-order valence-electron chi connectivity index (χ3n) is 4.00. The molecule has 9 heteroatoms. The molecule has 0 aliphatic rings. The van der Waals surface area contributed by atoms with Gasteiger partial charge in [-0.05, 0) is 25.1 Å². The lowest BCUT2D eigenvalue weighted by Gasteiger charge is -2.08. The highest BCUT2D eigenvalue weighted by atomic mass is 32.1. The van der Waals surface area contributed by atoms with E-state index in [2.05, 4.69) is 4.98 Å². The van der Waals surface area contributed by atoms with E-state index in [-0.39, 0.29) is 17.9 Å². The third-order valence-corrected chi connectivity index (χ3v) is 4.94. The summed E-state index contributed by atoms with van der Waals surface area (Å²) in [6, 6.07) is 6.69. The van der Waals surface area contributed by atoms with Gasteiger partial charge in [0.25, 0.3) is 5.56 Å². The maximum Gasteiger partial charge on any atom is 0.331 e. The summed E-state index contributed by atoms with van der Waals surface area (Å²) in [6.45, 7) is 2.08. The molecule has 3 rings (SSSR count). The molecule has 0 fully saturated rings. The predicted octanol–water partition coefficient (Wildman–Crippen LogP) is 1.79. The molecule has 0 amide bonds. The SMILES string of the molecule is CCn1cc(C#N)c(=O)n(Cc2csc(-c3ccc(O)c(OC)c3)n2)c1=O. The maximum atomic E-state index is 12.4. The highest BCUT2D eigenvalue weighted by Crippen LogP contribution is 2.32. The second kappa shape index (κ2) is 7.47. The van der Waals surface area contributed by atoms with Crippen molar-refractivity contribution in [3.8, 4) is 28.1 Å². The molecule has 0 bridgehead atoms. The Labute approximate surface area is 158 Å². The summed E-state index contributed by atoms with van der Waals surface area (Å²) in [6.07, 6.45) is 1.27. The van der Waals surface area contributed by atoms with Gasteiger partial charge in [-0.3, -0.25) is 13.9 Å². The number of nitriles is 1. The summed E-state index contributed by atoms with van der Waals surface area (Å²) in [5.41, 5.74) is 0.0644. The standard InChI is InChI=1S/C18H16N4O4S/c1-3-21-8-12(7-19)17(24)22(18(21)25)9-13-10-27-16(20-13)11-4-5-14(23)15(6-11)26-2/h4-6,8,10,23H,3,9H2,1-2H3. The van der Waals surface area contributed by atoms with E-state index in [0.717, 1.165) is 10.1 Å². The third kappa shape index (κ3) is 3.47. The van der Waals surface area contributed by atoms with E-state index in [9.17, 15) is 14.7 Å². The van der Waals surface area contributed by atoms with E-state index in [4.69, 9.17) is 10.00 Å². The Morgan fingerprint density at radius 2 is 2.15 bits per heavy atom. The molecule has 1 aromatic carbocycles. The Kier molecular flexibility index (Phi) is 5.09. The van der Waals surface area contributed by atoms with Crippen LogP contribution in [0.3, 0.4) is 0 Å². The van der Waals surface area contributed by atoms with Crippen LogP contribution in [0.5, 0.6) is 11.5 Å². The fourth-order valence-electron chi connectivity index (χ4n) is 2.58. The number of thiazole rings is 1. The molecule has 138 valence electrons. The van der Waals surface area contributed by atoms with Crippen LogP contribution >= 0.6 is 11.3 Å². The number of aromatic hydroxyl groups is 1. The molecule has 0 radical (unpaired) electrons. The lowest BCUT2D eigenvalue weighted by Crippen LogP contribution is -2.41. The van der Waals surface area contributed by atoms with Gasteiger partial charge in [-0.15, -0.1) is 11.3 Å². The number of rotatable bonds is 5. The maximum absolute atomic E-state index is 12.4. The molecule has 0 unspecified atom stereocenters. The number of phenolic OH excluding ortho intramolecular Hbond substituents is 1. The van der Waals surface area contributed by atoms with Gasteiger partial charge in [-0.1, -0.05) is 0 Å². The van der Waals surface area contributed by atoms with Crippen molar-refractivity contribution >= 4 is 11.3 Å². The minimum atomic E-state index is -0.631. The van der Waals surface area contributed by atoms with E-state index < -0.39 is 11.2 Å².